The van der Waals surface area contributed by atoms with Crippen LogP contribution in [0, 0.1) is 23.2 Å². The van der Waals surface area contributed by atoms with E-state index < -0.39 is 6.09 Å². The van der Waals surface area contributed by atoms with E-state index in [1.54, 1.807) is 20.4 Å². The van der Waals surface area contributed by atoms with Crippen molar-refractivity contribution in [3.63, 3.8) is 0 Å². The standard InChI is InChI=1S/C34H41N7O4/c1-36-34(43)45-28-11-7-24(8-12-28)33(42)40(32-17-25(15-16-37-32)26-19-38-41(21-26)27-9-10-27)20-22-3-5-23(6-4-22)29-13-14-31(44-2)30(18-35)39-29/h13-17,19,21-24,27-28H,3-12,20H2,1-2H3,(H,36,43)/t22-,23-,24-,28-. The molecule has 2 amide bonds. The second-order valence-electron chi connectivity index (χ2n) is 12.5. The second-order valence-corrected chi connectivity index (χ2v) is 12.5. The van der Waals surface area contributed by atoms with Gasteiger partial charge in [-0.25, -0.2) is 14.8 Å². The Labute approximate surface area is 263 Å². The molecule has 0 bridgehead atoms. The topological polar surface area (TPSA) is 135 Å². The lowest BCUT2D eigenvalue weighted by molar-refractivity contribution is -0.124. The number of hydrogen-bond donors (Lipinski definition) is 1. The highest BCUT2D eigenvalue weighted by atomic mass is 16.6. The second kappa shape index (κ2) is 13.7. The van der Waals surface area contributed by atoms with E-state index in [-0.39, 0.29) is 23.8 Å². The van der Waals surface area contributed by atoms with Gasteiger partial charge in [0.05, 0.1) is 19.3 Å². The van der Waals surface area contributed by atoms with Gasteiger partial charge in [-0.2, -0.15) is 10.4 Å². The molecule has 3 aliphatic rings. The highest BCUT2D eigenvalue weighted by Crippen LogP contribution is 2.39. The molecular weight excluding hydrogens is 570 g/mol. The number of nitriles is 1. The first kappa shape index (κ1) is 30.6. The summed E-state index contributed by atoms with van der Waals surface area (Å²) in [5.74, 6) is 1.68. The Kier molecular flexibility index (Phi) is 9.29. The maximum absolute atomic E-state index is 14.2. The normalized spacial score (nSPS) is 23.0. The van der Waals surface area contributed by atoms with Crippen LogP contribution in [-0.2, 0) is 9.53 Å². The van der Waals surface area contributed by atoms with Gasteiger partial charge in [0.2, 0.25) is 5.91 Å². The van der Waals surface area contributed by atoms with Crippen LogP contribution in [0.4, 0.5) is 10.6 Å². The number of nitrogens with one attached hydrogen (secondary N) is 1. The van der Waals surface area contributed by atoms with Gasteiger partial charge in [-0.3, -0.25) is 14.4 Å². The van der Waals surface area contributed by atoms with Crippen LogP contribution in [0.1, 0.15) is 87.6 Å². The average molecular weight is 612 g/mol. The first-order valence-corrected chi connectivity index (χ1v) is 16.1. The van der Waals surface area contributed by atoms with Crippen LogP contribution in [0.2, 0.25) is 0 Å². The predicted octanol–water partition coefficient (Wildman–Crippen LogP) is 5.78. The molecule has 3 aromatic heterocycles. The summed E-state index contributed by atoms with van der Waals surface area (Å²) < 4.78 is 12.8. The van der Waals surface area contributed by atoms with Gasteiger partial charge in [0.1, 0.15) is 18.0 Å². The number of pyridine rings is 2. The van der Waals surface area contributed by atoms with Gasteiger partial charge in [-0.15, -0.1) is 0 Å². The monoisotopic (exact) mass is 611 g/mol. The molecule has 0 spiro atoms. The van der Waals surface area contributed by atoms with Crippen LogP contribution in [0.25, 0.3) is 11.1 Å². The van der Waals surface area contributed by atoms with Gasteiger partial charge in [0, 0.05) is 49.1 Å². The number of carbonyl (C=O) groups excluding carboxylic acids is 2. The zero-order valence-corrected chi connectivity index (χ0v) is 26.0. The van der Waals surface area contributed by atoms with Crippen molar-refractivity contribution in [3.8, 4) is 22.9 Å². The quantitative estimate of drug-likeness (QED) is 0.322. The molecule has 0 atom stereocenters. The summed E-state index contributed by atoms with van der Waals surface area (Å²) >= 11 is 0. The van der Waals surface area contributed by atoms with Crippen molar-refractivity contribution in [1.29, 1.82) is 5.26 Å². The Bertz CT molecular complexity index is 1550. The molecule has 0 aliphatic heterocycles. The summed E-state index contributed by atoms with van der Waals surface area (Å²) in [4.78, 5) is 37.2. The molecule has 11 nitrogen and oxygen atoms in total. The van der Waals surface area contributed by atoms with Crippen molar-refractivity contribution in [1.82, 2.24) is 25.1 Å². The summed E-state index contributed by atoms with van der Waals surface area (Å²) in [6.45, 7) is 0.595. The van der Waals surface area contributed by atoms with E-state index in [0.29, 0.717) is 61.4 Å². The smallest absolute Gasteiger partial charge is 0.407 e. The summed E-state index contributed by atoms with van der Waals surface area (Å²) in [6.07, 6.45) is 13.9. The molecule has 45 heavy (non-hydrogen) atoms. The molecule has 0 saturated heterocycles. The molecule has 3 saturated carbocycles. The van der Waals surface area contributed by atoms with Crippen LogP contribution in [0.5, 0.6) is 5.75 Å². The van der Waals surface area contributed by atoms with Crippen molar-refractivity contribution in [3.05, 3.63) is 54.2 Å². The Balaban J connectivity index is 1.18. The Hall–Kier alpha value is -4.46. The van der Waals surface area contributed by atoms with E-state index in [1.807, 2.05) is 40.0 Å². The Morgan fingerprint density at radius 2 is 1.82 bits per heavy atom. The number of nitrogens with zero attached hydrogens (tertiary/aromatic N) is 6. The zero-order chi connectivity index (χ0) is 31.3. The minimum absolute atomic E-state index is 0.0873. The van der Waals surface area contributed by atoms with Gasteiger partial charge in [0.25, 0.3) is 0 Å². The maximum Gasteiger partial charge on any atom is 0.407 e. The predicted molar refractivity (Wildman–Crippen MR) is 168 cm³/mol. The molecule has 3 aliphatic carbocycles. The minimum Gasteiger partial charge on any atom is -0.494 e. The van der Waals surface area contributed by atoms with Crippen LogP contribution in [0.3, 0.4) is 0 Å². The summed E-state index contributed by atoms with van der Waals surface area (Å²) in [5, 5.41) is 16.6. The molecule has 1 N–H and O–H groups in total. The lowest BCUT2D eigenvalue weighted by Crippen LogP contribution is -2.42. The van der Waals surface area contributed by atoms with E-state index in [2.05, 4.69) is 27.7 Å². The number of rotatable bonds is 9. The van der Waals surface area contributed by atoms with E-state index in [9.17, 15) is 14.9 Å². The van der Waals surface area contributed by atoms with Crippen LogP contribution in [-0.4, -0.2) is 58.6 Å². The first-order chi connectivity index (χ1) is 21.9. The third kappa shape index (κ3) is 7.11. The van der Waals surface area contributed by atoms with Gasteiger partial charge in [0.15, 0.2) is 11.4 Å². The molecule has 11 heteroatoms. The highest BCUT2D eigenvalue weighted by molar-refractivity contribution is 5.94. The summed E-state index contributed by atoms with van der Waals surface area (Å²) in [6, 6.07) is 10.4. The van der Waals surface area contributed by atoms with Crippen LogP contribution in [0.15, 0.2) is 42.9 Å². The fraction of sp³-hybridized carbons (Fsp3) is 0.529. The number of aromatic nitrogens is 4. The Morgan fingerprint density at radius 1 is 1.04 bits per heavy atom. The summed E-state index contributed by atoms with van der Waals surface area (Å²) in [5.41, 5.74) is 3.26. The lowest BCUT2D eigenvalue weighted by atomic mass is 9.79. The number of carbonyl (C=O) groups is 2. The molecule has 0 unspecified atom stereocenters. The molecule has 3 aromatic rings. The number of amides is 2. The largest absolute Gasteiger partial charge is 0.494 e. The molecule has 236 valence electrons. The van der Waals surface area contributed by atoms with E-state index in [1.165, 1.54) is 0 Å². The van der Waals surface area contributed by atoms with Crippen molar-refractivity contribution < 1.29 is 19.1 Å². The number of hydrogen-bond acceptors (Lipinski definition) is 8. The van der Waals surface area contributed by atoms with Crippen molar-refractivity contribution >= 4 is 17.8 Å². The molecule has 3 fully saturated rings. The third-order valence-electron chi connectivity index (χ3n) is 9.56. The number of alkyl carbamates (subject to hydrolysis) is 1. The van der Waals surface area contributed by atoms with Gasteiger partial charge >= 0.3 is 6.09 Å². The lowest BCUT2D eigenvalue weighted by Gasteiger charge is -2.35. The fourth-order valence-corrected chi connectivity index (χ4v) is 6.76. The number of methoxy groups -OCH3 is 1. The SMILES string of the molecule is CNC(=O)O[C@H]1CC[C@H](C(=O)N(C[C@H]2CC[C@H](c3ccc(OC)c(C#N)n3)CC2)c2cc(-c3cnn(C4CC4)c3)ccn2)CC1. The number of ether oxygens (including phenoxy) is 2. The molecule has 0 aromatic carbocycles. The van der Waals surface area contributed by atoms with E-state index in [4.69, 9.17) is 14.5 Å². The van der Waals surface area contributed by atoms with Crippen molar-refractivity contribution in [2.24, 2.45) is 11.8 Å². The zero-order valence-electron chi connectivity index (χ0n) is 26.0. The molecule has 0 radical (unpaired) electrons. The molecular formula is C34H41N7O4. The summed E-state index contributed by atoms with van der Waals surface area (Å²) in [7, 11) is 3.10. The van der Waals surface area contributed by atoms with Crippen LogP contribution >= 0.6 is 0 Å². The average Bonchev–Trinajstić information content (AvgIpc) is 3.82. The van der Waals surface area contributed by atoms with Crippen molar-refractivity contribution in [2.45, 2.75) is 82.3 Å². The van der Waals surface area contributed by atoms with E-state index >= 15 is 0 Å². The van der Waals surface area contributed by atoms with Gasteiger partial charge in [-0.1, -0.05) is 0 Å². The van der Waals surface area contributed by atoms with Gasteiger partial charge in [-0.05, 0) is 100.0 Å². The van der Waals surface area contributed by atoms with E-state index in [0.717, 1.165) is 55.3 Å². The molecule has 3 heterocycles. The molecule has 6 rings (SSSR count). The first-order valence-electron chi connectivity index (χ1n) is 16.1. The Morgan fingerprint density at radius 3 is 2.51 bits per heavy atom. The third-order valence-corrected chi connectivity index (χ3v) is 9.56. The number of anilines is 1. The maximum atomic E-state index is 14.2. The fourth-order valence-electron chi connectivity index (χ4n) is 6.76. The van der Waals surface area contributed by atoms with Crippen LogP contribution < -0.4 is 15.0 Å². The minimum atomic E-state index is -0.429. The van der Waals surface area contributed by atoms with Crippen molar-refractivity contribution in [2.75, 3.05) is 25.6 Å². The van der Waals surface area contributed by atoms with Gasteiger partial charge < -0.3 is 14.8 Å². The highest BCUT2D eigenvalue weighted by Gasteiger charge is 2.34.